The van der Waals surface area contributed by atoms with Crippen molar-refractivity contribution in [3.8, 4) is 0 Å². The van der Waals surface area contributed by atoms with Crippen LogP contribution in [0.15, 0.2) is 116 Å². The summed E-state index contributed by atoms with van der Waals surface area (Å²) >= 11 is 0. The molecule has 1 aromatic heterocycles. The molecule has 79 heavy (non-hydrogen) atoms. The van der Waals surface area contributed by atoms with Crippen LogP contribution in [0.5, 0.6) is 0 Å². The summed E-state index contributed by atoms with van der Waals surface area (Å²) in [6.07, 6.45) is -51.7. The van der Waals surface area contributed by atoms with Crippen molar-refractivity contribution in [3.05, 3.63) is 195 Å². The third-order valence-corrected chi connectivity index (χ3v) is 11.8. The zero-order valence-corrected chi connectivity index (χ0v) is 37.7. The summed E-state index contributed by atoms with van der Waals surface area (Å²) in [6, 6.07) is 0.126. The van der Waals surface area contributed by atoms with E-state index in [1.807, 2.05) is 12.1 Å². The molecule has 1 nitrogen and oxygen atoms in total. The van der Waals surface area contributed by atoms with Crippen LogP contribution in [-0.4, -0.2) is 6.15 Å². The molecule has 0 radical (unpaired) electrons. The van der Waals surface area contributed by atoms with Gasteiger partial charge in [0.05, 0.1) is 50.1 Å². The number of benzene rings is 6. The Morgan fingerprint density at radius 2 is 0.519 bits per heavy atom. The van der Waals surface area contributed by atoms with Gasteiger partial charge in [0.15, 0.2) is 42.2 Å². The summed E-state index contributed by atoms with van der Waals surface area (Å²) in [5, 5.41) is 1.69. The molecule has 424 valence electrons. The first-order valence-electron chi connectivity index (χ1n) is 21.0. The number of pyridine rings is 1. The number of hydrogen-bond donors (Lipinski definition) is 0. The van der Waals surface area contributed by atoms with Crippen LogP contribution in [0.3, 0.4) is 0 Å². The predicted octanol–water partition coefficient (Wildman–Crippen LogP) is 15.1. The fourth-order valence-corrected chi connectivity index (χ4v) is 8.32. The molecule has 0 aliphatic rings. The van der Waals surface area contributed by atoms with E-state index < -0.39 is 236 Å². The summed E-state index contributed by atoms with van der Waals surface area (Å²) < 4.78 is 409. The predicted molar refractivity (Wildman–Crippen MR) is 220 cm³/mol. The summed E-state index contributed by atoms with van der Waals surface area (Å²) in [5.41, 5.74) is -31.1. The second kappa shape index (κ2) is 20.5. The number of alkyl halides is 24. The lowest BCUT2D eigenvalue weighted by atomic mass is 9.12. The summed E-state index contributed by atoms with van der Waals surface area (Å²) in [5.74, 6) is -9.64. The van der Waals surface area contributed by atoms with Gasteiger partial charge in [-0.2, -0.15) is 132 Å². The van der Waals surface area contributed by atoms with Crippen LogP contribution in [-0.2, 0) is 56.0 Å². The number of halogens is 29. The van der Waals surface area contributed by atoms with Gasteiger partial charge < -0.3 is 0 Å². The van der Waals surface area contributed by atoms with Crippen molar-refractivity contribution in [1.82, 2.24) is 0 Å². The van der Waals surface area contributed by atoms with Gasteiger partial charge in [0.2, 0.25) is 5.82 Å². The Morgan fingerprint density at radius 1 is 0.291 bits per heavy atom. The van der Waals surface area contributed by atoms with Crippen LogP contribution in [0.2, 0.25) is 0 Å². The van der Waals surface area contributed by atoms with Crippen molar-refractivity contribution in [1.29, 1.82) is 0 Å². The van der Waals surface area contributed by atoms with Gasteiger partial charge in [0.25, 0.3) is 0 Å². The zero-order chi connectivity index (χ0) is 59.8. The number of fused-ring (bicyclic) bond motifs is 1. The summed E-state index contributed by atoms with van der Waals surface area (Å²) in [7, 11) is 0. The minimum Gasteiger partial charge on any atom is -0.203 e. The molecule has 0 saturated heterocycles. The van der Waals surface area contributed by atoms with E-state index in [0.29, 0.717) is 0 Å². The van der Waals surface area contributed by atoms with Crippen LogP contribution in [0.4, 0.5) is 127 Å². The Hall–Kier alpha value is -7.24. The van der Waals surface area contributed by atoms with Crippen LogP contribution in [0.1, 0.15) is 50.1 Å². The molecule has 31 heteroatoms. The van der Waals surface area contributed by atoms with Gasteiger partial charge in [-0.1, -0.05) is 66.7 Å². The Kier molecular flexibility index (Phi) is 15.8. The standard InChI is InChI=1S/C32H12BF24.C16H9F5N/c34-25(35,36)13-1-14(26(37,38)39)6-21(5-13)33(22-7-15(27(40,41)42)2-16(8-22)28(43,44)45,23-9-17(29(46,47)48)3-18(10-23)30(49,50)51)24-11-19(31(52,53)54)4-20(12-24)32(55,56)57;17-12-11(13(18)15(20)16(21)14(12)19)8-22-6-5-9-3-1-2-4-10(9)7-22/h1-12H;1-7H,8H2/q-1;+1. The Balaban J connectivity index is 0.000000378. The Bertz CT molecular complexity index is 2960. The van der Waals surface area contributed by atoms with E-state index in [9.17, 15) is 127 Å². The SMILES string of the molecule is FC(F)(F)c1cc([B-](c2cc(C(F)(F)F)cc(C(F)(F)F)c2)(c2cc(C(F)(F)F)cc(C(F)(F)F)c2)c2cc(C(F)(F)F)cc(C(F)(F)F)c2)cc(C(F)(F)F)c1.Fc1c(F)c(F)c(C[n+]2ccc3ccccc3c2)c(F)c1F. The summed E-state index contributed by atoms with van der Waals surface area (Å²) in [6.45, 7) is -0.462. The molecule has 0 saturated carbocycles. The highest BCUT2D eigenvalue weighted by atomic mass is 19.4. The lowest BCUT2D eigenvalue weighted by molar-refractivity contribution is -0.687. The van der Waals surface area contributed by atoms with Crippen LogP contribution >= 0.6 is 0 Å². The third kappa shape index (κ3) is 12.9. The molecule has 0 fully saturated rings. The quantitative estimate of drug-likeness (QED) is 0.0514. The molecular weight excluding hydrogens is 1150 g/mol. The molecule has 6 aromatic carbocycles. The molecule has 0 N–H and O–H groups in total. The second-order valence-corrected chi connectivity index (χ2v) is 17.0. The highest BCUT2D eigenvalue weighted by Crippen LogP contribution is 2.41. The molecule has 7 aromatic rings. The van der Waals surface area contributed by atoms with Crippen molar-refractivity contribution in [2.45, 2.75) is 56.0 Å². The van der Waals surface area contributed by atoms with Gasteiger partial charge >= 0.3 is 49.4 Å². The topological polar surface area (TPSA) is 3.88 Å². The van der Waals surface area contributed by atoms with Gasteiger partial charge in [0.1, 0.15) is 6.15 Å². The van der Waals surface area contributed by atoms with Crippen LogP contribution in [0, 0.1) is 29.1 Å². The van der Waals surface area contributed by atoms with E-state index in [1.165, 1.54) is 10.8 Å². The molecule has 0 spiro atoms. The number of nitrogens with zero attached hydrogens (tertiary/aromatic N) is 1. The van der Waals surface area contributed by atoms with Crippen molar-refractivity contribution >= 4 is 38.8 Å². The van der Waals surface area contributed by atoms with Gasteiger partial charge in [-0.15, -0.1) is 0 Å². The lowest BCUT2D eigenvalue weighted by Crippen LogP contribution is -2.75. The van der Waals surface area contributed by atoms with E-state index in [4.69, 9.17) is 0 Å². The van der Waals surface area contributed by atoms with E-state index in [-0.39, 0.29) is 0 Å². The first-order chi connectivity index (χ1) is 35.7. The minimum absolute atomic E-state index is 0.462. The van der Waals surface area contributed by atoms with Crippen molar-refractivity contribution in [3.63, 3.8) is 0 Å². The highest BCUT2D eigenvalue weighted by molar-refractivity contribution is 7.20. The third-order valence-electron chi connectivity index (χ3n) is 11.8. The molecule has 0 bridgehead atoms. The average molecular weight is 1170 g/mol. The molecule has 0 amide bonds. The number of hydrogen-bond acceptors (Lipinski definition) is 0. The van der Waals surface area contributed by atoms with Crippen molar-refractivity contribution < 1.29 is 132 Å². The number of rotatable bonds is 6. The largest absolute Gasteiger partial charge is 0.416 e. The number of aromatic nitrogens is 1. The monoisotopic (exact) mass is 1170 g/mol. The maximum Gasteiger partial charge on any atom is 0.416 e. The lowest BCUT2D eigenvalue weighted by Gasteiger charge is -2.46. The van der Waals surface area contributed by atoms with Gasteiger partial charge in [-0.05, 0) is 35.7 Å². The van der Waals surface area contributed by atoms with Gasteiger partial charge in [0, 0.05) is 11.5 Å². The van der Waals surface area contributed by atoms with E-state index in [0.717, 1.165) is 10.8 Å². The first kappa shape index (κ1) is 61.0. The normalized spacial score (nSPS) is 13.4. The Labute approximate surface area is 421 Å². The fourth-order valence-electron chi connectivity index (χ4n) is 8.32. The van der Waals surface area contributed by atoms with Crippen molar-refractivity contribution in [2.24, 2.45) is 0 Å². The van der Waals surface area contributed by atoms with Crippen LogP contribution < -0.4 is 26.4 Å². The maximum absolute atomic E-state index is 14.2. The maximum atomic E-state index is 14.2. The Morgan fingerprint density at radius 3 is 0.759 bits per heavy atom. The fraction of sp³-hybridized carbons (Fsp3) is 0.188. The molecule has 0 aliphatic carbocycles. The first-order valence-corrected chi connectivity index (χ1v) is 21.0. The zero-order valence-electron chi connectivity index (χ0n) is 37.7. The van der Waals surface area contributed by atoms with Crippen molar-refractivity contribution in [2.75, 3.05) is 0 Å². The van der Waals surface area contributed by atoms with E-state index in [1.54, 1.807) is 24.4 Å². The highest BCUT2D eigenvalue weighted by Gasteiger charge is 2.47. The minimum atomic E-state index is -6.13. The average Bonchev–Trinajstić information content (AvgIpc) is 3.32. The molecule has 0 unspecified atom stereocenters. The molecule has 0 aliphatic heterocycles. The van der Waals surface area contributed by atoms with Gasteiger partial charge in [-0.25, -0.2) is 22.0 Å². The molecule has 0 atom stereocenters. The molecule has 1 heterocycles. The second-order valence-electron chi connectivity index (χ2n) is 17.0. The van der Waals surface area contributed by atoms with E-state index >= 15 is 0 Å². The van der Waals surface area contributed by atoms with Gasteiger partial charge in [-0.3, -0.25) is 0 Å². The summed E-state index contributed by atoms with van der Waals surface area (Å²) in [4.78, 5) is 0. The van der Waals surface area contributed by atoms with E-state index in [2.05, 4.69) is 0 Å². The van der Waals surface area contributed by atoms with Crippen LogP contribution in [0.25, 0.3) is 10.8 Å². The molecule has 7 rings (SSSR count). The smallest absolute Gasteiger partial charge is 0.203 e. The molecular formula is C48H21BF29N.